The summed E-state index contributed by atoms with van der Waals surface area (Å²) in [5.41, 5.74) is 4.35. The summed E-state index contributed by atoms with van der Waals surface area (Å²) >= 11 is 6.38. The maximum atomic E-state index is 10.1. The lowest BCUT2D eigenvalue weighted by molar-refractivity contribution is -0.181. The van der Waals surface area contributed by atoms with E-state index in [1.807, 2.05) is 18.2 Å². The van der Waals surface area contributed by atoms with Crippen LogP contribution in [-0.2, 0) is 17.6 Å². The second kappa shape index (κ2) is 8.51. The number of rotatable bonds is 5. The van der Waals surface area contributed by atoms with Gasteiger partial charge in [-0.3, -0.25) is 0 Å². The summed E-state index contributed by atoms with van der Waals surface area (Å²) in [7, 11) is 0. The highest BCUT2D eigenvalue weighted by Gasteiger charge is 2.37. The average molecular weight is 377 g/mol. The van der Waals surface area contributed by atoms with Gasteiger partial charge in [0.05, 0.1) is 18.8 Å². The van der Waals surface area contributed by atoms with Gasteiger partial charge in [-0.05, 0) is 41.2 Å². The predicted octanol–water partition coefficient (Wildman–Crippen LogP) is 3.04. The van der Waals surface area contributed by atoms with E-state index in [-0.39, 0.29) is 19.1 Å². The number of hydrogen-bond donors (Lipinski definition) is 3. The second-order valence-electron chi connectivity index (χ2n) is 6.84. The molecule has 4 nitrogen and oxygen atoms in total. The van der Waals surface area contributed by atoms with Gasteiger partial charge in [-0.2, -0.15) is 0 Å². The normalized spacial score (nSPS) is 26.0. The van der Waals surface area contributed by atoms with Gasteiger partial charge in [0.2, 0.25) is 0 Å². The Morgan fingerprint density at radius 3 is 2.42 bits per heavy atom. The van der Waals surface area contributed by atoms with E-state index < -0.39 is 18.3 Å². The lowest BCUT2D eigenvalue weighted by atomic mass is 9.92. The van der Waals surface area contributed by atoms with Crippen LogP contribution in [-0.4, -0.2) is 40.2 Å². The zero-order chi connectivity index (χ0) is 18.7. The third kappa shape index (κ3) is 4.27. The van der Waals surface area contributed by atoms with Gasteiger partial charge in [-0.1, -0.05) is 54.9 Å². The van der Waals surface area contributed by atoms with Gasteiger partial charge in [0.25, 0.3) is 0 Å². The fraction of sp³-hybridized carbons (Fsp3) is 0.429. The molecule has 1 heterocycles. The van der Waals surface area contributed by atoms with E-state index in [0.29, 0.717) is 11.4 Å². The molecule has 2 aromatic carbocycles. The lowest BCUT2D eigenvalue weighted by Crippen LogP contribution is -2.47. The molecule has 0 aromatic heterocycles. The molecule has 2 aromatic rings. The van der Waals surface area contributed by atoms with Gasteiger partial charge in [-0.25, -0.2) is 0 Å². The van der Waals surface area contributed by atoms with Crippen LogP contribution in [0, 0.1) is 0 Å². The molecule has 5 heteroatoms. The first kappa shape index (κ1) is 19.3. The zero-order valence-electron chi connectivity index (χ0n) is 14.8. The van der Waals surface area contributed by atoms with E-state index in [1.165, 1.54) is 11.1 Å². The van der Waals surface area contributed by atoms with Crippen molar-refractivity contribution in [2.45, 2.75) is 50.6 Å². The average Bonchev–Trinajstić information content (AvgIpc) is 2.66. The third-order valence-electron chi connectivity index (χ3n) is 5.02. The van der Waals surface area contributed by atoms with Crippen molar-refractivity contribution in [1.29, 1.82) is 0 Å². The third-order valence-corrected chi connectivity index (χ3v) is 5.39. The van der Waals surface area contributed by atoms with Crippen molar-refractivity contribution in [3.63, 3.8) is 0 Å². The number of halogens is 1. The Kier molecular flexibility index (Phi) is 6.33. The highest BCUT2D eigenvalue weighted by Crippen LogP contribution is 2.34. The summed E-state index contributed by atoms with van der Waals surface area (Å²) in [5.74, 6) is 0. The molecule has 0 radical (unpaired) electrons. The highest BCUT2D eigenvalue weighted by atomic mass is 35.5. The van der Waals surface area contributed by atoms with Crippen LogP contribution in [0.3, 0.4) is 0 Å². The lowest BCUT2D eigenvalue weighted by Gasteiger charge is -2.36. The van der Waals surface area contributed by atoms with Crippen molar-refractivity contribution in [3.05, 3.63) is 69.7 Å². The van der Waals surface area contributed by atoms with Crippen LogP contribution in [0.15, 0.2) is 42.5 Å². The first-order valence-electron chi connectivity index (χ1n) is 9.00. The van der Waals surface area contributed by atoms with Crippen LogP contribution >= 0.6 is 11.6 Å². The largest absolute Gasteiger partial charge is 0.394 e. The fourth-order valence-corrected chi connectivity index (χ4v) is 3.55. The topological polar surface area (TPSA) is 69.9 Å². The highest BCUT2D eigenvalue weighted by molar-refractivity contribution is 6.31. The van der Waals surface area contributed by atoms with Crippen molar-refractivity contribution < 1.29 is 20.1 Å². The van der Waals surface area contributed by atoms with Crippen molar-refractivity contribution in [2.24, 2.45) is 0 Å². The monoisotopic (exact) mass is 376 g/mol. The summed E-state index contributed by atoms with van der Waals surface area (Å²) in [6.45, 7) is 1.80. The summed E-state index contributed by atoms with van der Waals surface area (Å²) < 4.78 is 5.78. The first-order chi connectivity index (χ1) is 12.5. The summed E-state index contributed by atoms with van der Waals surface area (Å²) in [6, 6.07) is 14.2. The summed E-state index contributed by atoms with van der Waals surface area (Å²) in [5, 5.41) is 30.0. The van der Waals surface area contributed by atoms with Crippen LogP contribution in [0.4, 0.5) is 0 Å². The number of aryl methyl sites for hydroxylation is 1. The van der Waals surface area contributed by atoms with E-state index in [9.17, 15) is 15.3 Å². The van der Waals surface area contributed by atoms with Gasteiger partial charge in [0.1, 0.15) is 12.2 Å². The van der Waals surface area contributed by atoms with Gasteiger partial charge in [0.15, 0.2) is 0 Å². The predicted molar refractivity (Wildman–Crippen MR) is 101 cm³/mol. The number of benzene rings is 2. The Balaban J connectivity index is 1.80. The van der Waals surface area contributed by atoms with Crippen molar-refractivity contribution in [2.75, 3.05) is 6.61 Å². The molecule has 1 fully saturated rings. The first-order valence-corrected chi connectivity index (χ1v) is 9.38. The van der Waals surface area contributed by atoms with Crippen LogP contribution in [0.25, 0.3) is 0 Å². The standard InChI is InChI=1S/C21H25ClO4/c1-2-13-3-5-14(6-4-13)9-16-10-15(7-8-17(16)22)19-11-18(24)21(25)20(12-23)26-19/h3-8,10,18-21,23-25H,2,9,11-12H2,1H3. The van der Waals surface area contributed by atoms with Gasteiger partial charge >= 0.3 is 0 Å². The fourth-order valence-electron chi connectivity index (χ4n) is 3.36. The molecule has 0 amide bonds. The minimum atomic E-state index is -1.07. The number of aliphatic hydroxyl groups excluding tert-OH is 3. The molecule has 4 unspecified atom stereocenters. The number of aliphatic hydroxyl groups is 3. The van der Waals surface area contributed by atoms with E-state index in [0.717, 1.165) is 17.5 Å². The van der Waals surface area contributed by atoms with Crippen LogP contribution in [0.5, 0.6) is 0 Å². The quantitative estimate of drug-likeness (QED) is 0.750. The maximum Gasteiger partial charge on any atom is 0.110 e. The molecule has 26 heavy (non-hydrogen) atoms. The second-order valence-corrected chi connectivity index (χ2v) is 7.24. The summed E-state index contributed by atoms with van der Waals surface area (Å²) in [6.07, 6.45) is -1.17. The Labute approximate surface area is 159 Å². The van der Waals surface area contributed by atoms with Crippen LogP contribution < -0.4 is 0 Å². The van der Waals surface area contributed by atoms with Crippen molar-refractivity contribution in [1.82, 2.24) is 0 Å². The molecule has 1 aliphatic heterocycles. The van der Waals surface area contributed by atoms with E-state index in [4.69, 9.17) is 16.3 Å². The van der Waals surface area contributed by atoms with Crippen molar-refractivity contribution >= 4 is 11.6 Å². The maximum absolute atomic E-state index is 10.1. The van der Waals surface area contributed by atoms with Crippen LogP contribution in [0.1, 0.15) is 41.7 Å². The molecule has 3 N–H and O–H groups in total. The molecule has 1 aliphatic rings. The molecule has 0 saturated carbocycles. The Bertz CT molecular complexity index is 731. The van der Waals surface area contributed by atoms with Gasteiger partial charge < -0.3 is 20.1 Å². The van der Waals surface area contributed by atoms with E-state index in [2.05, 4.69) is 31.2 Å². The van der Waals surface area contributed by atoms with Gasteiger partial charge in [0, 0.05) is 11.4 Å². The molecular weight excluding hydrogens is 352 g/mol. The Hall–Kier alpha value is -1.43. The van der Waals surface area contributed by atoms with Gasteiger partial charge in [-0.15, -0.1) is 0 Å². The van der Waals surface area contributed by atoms with Crippen molar-refractivity contribution in [3.8, 4) is 0 Å². The molecular formula is C21H25ClO4. The molecule has 0 spiro atoms. The smallest absolute Gasteiger partial charge is 0.110 e. The molecule has 140 valence electrons. The summed E-state index contributed by atoms with van der Waals surface area (Å²) in [4.78, 5) is 0. The van der Waals surface area contributed by atoms with E-state index in [1.54, 1.807) is 0 Å². The molecule has 4 atom stereocenters. The SMILES string of the molecule is CCc1ccc(Cc2cc(C3CC(O)C(O)C(CO)O3)ccc2Cl)cc1. The molecule has 3 rings (SSSR count). The number of hydrogen-bond acceptors (Lipinski definition) is 4. The molecule has 0 bridgehead atoms. The number of ether oxygens (including phenoxy) is 1. The van der Waals surface area contributed by atoms with Crippen LogP contribution in [0.2, 0.25) is 5.02 Å². The Morgan fingerprint density at radius 1 is 1.08 bits per heavy atom. The minimum absolute atomic E-state index is 0.282. The zero-order valence-corrected chi connectivity index (χ0v) is 15.6. The van der Waals surface area contributed by atoms with E-state index >= 15 is 0 Å². The Morgan fingerprint density at radius 2 is 1.77 bits per heavy atom. The molecule has 0 aliphatic carbocycles. The molecule has 1 saturated heterocycles. The minimum Gasteiger partial charge on any atom is -0.394 e.